The van der Waals surface area contributed by atoms with Crippen LogP contribution in [0.2, 0.25) is 0 Å². The van der Waals surface area contributed by atoms with E-state index in [1.54, 1.807) is 6.92 Å². The quantitative estimate of drug-likeness (QED) is 0.887. The first-order chi connectivity index (χ1) is 9.11. The molecule has 0 saturated carbocycles. The summed E-state index contributed by atoms with van der Waals surface area (Å²) >= 11 is 1.53. The smallest absolute Gasteiger partial charge is 0.313 e. The molecule has 3 heterocycles. The van der Waals surface area contributed by atoms with Crippen molar-refractivity contribution in [1.29, 1.82) is 0 Å². The first-order valence-corrected chi connectivity index (χ1v) is 6.75. The summed E-state index contributed by atoms with van der Waals surface area (Å²) in [6.45, 7) is 2.25. The third-order valence-corrected chi connectivity index (χ3v) is 4.34. The number of thiophene rings is 1. The van der Waals surface area contributed by atoms with Crippen LogP contribution >= 0.6 is 11.3 Å². The molecule has 2 unspecified atom stereocenters. The number of anilines is 1. The summed E-state index contributed by atoms with van der Waals surface area (Å²) in [5.41, 5.74) is -0.937. The minimum Gasteiger partial charge on any atom is -0.481 e. The van der Waals surface area contributed by atoms with E-state index >= 15 is 0 Å². The van der Waals surface area contributed by atoms with Gasteiger partial charge in [-0.2, -0.15) is 0 Å². The monoisotopic (exact) mass is 279 g/mol. The fraction of sp³-hybridized carbons (Fsp3) is 0.417. The maximum atomic E-state index is 11.4. The number of carboxylic acid groups (broad SMARTS) is 1. The number of hydrogen-bond donors (Lipinski definition) is 2. The zero-order valence-electron chi connectivity index (χ0n) is 10.3. The van der Waals surface area contributed by atoms with Crippen LogP contribution < -0.4 is 5.32 Å². The number of fused-ring (bicyclic) bond motifs is 1. The van der Waals surface area contributed by atoms with Crippen LogP contribution in [0, 0.1) is 5.41 Å². The molecular formula is C12H13N3O3S. The lowest BCUT2D eigenvalue weighted by molar-refractivity contribution is -0.148. The normalized spacial score (nSPS) is 26.7. The number of aromatic nitrogens is 2. The molecule has 19 heavy (non-hydrogen) atoms. The number of nitrogens with one attached hydrogen (secondary N) is 1. The Balaban J connectivity index is 1.93. The third-order valence-electron chi connectivity index (χ3n) is 3.52. The average molecular weight is 279 g/mol. The van der Waals surface area contributed by atoms with Crippen molar-refractivity contribution in [3.63, 3.8) is 0 Å². The highest BCUT2D eigenvalue weighted by atomic mass is 32.1. The summed E-state index contributed by atoms with van der Waals surface area (Å²) in [4.78, 5) is 20.6. The lowest BCUT2D eigenvalue weighted by atomic mass is 9.85. The number of rotatable bonds is 3. The van der Waals surface area contributed by atoms with E-state index in [0.717, 1.165) is 10.2 Å². The van der Waals surface area contributed by atoms with Crippen molar-refractivity contribution in [2.24, 2.45) is 5.41 Å². The molecule has 1 saturated heterocycles. The minimum atomic E-state index is -0.937. The van der Waals surface area contributed by atoms with Gasteiger partial charge in [0.2, 0.25) is 0 Å². The van der Waals surface area contributed by atoms with Gasteiger partial charge < -0.3 is 15.2 Å². The number of hydrogen-bond acceptors (Lipinski definition) is 6. The molecule has 1 aliphatic rings. The Morgan fingerprint density at radius 3 is 3.26 bits per heavy atom. The van der Waals surface area contributed by atoms with Gasteiger partial charge in [-0.3, -0.25) is 4.79 Å². The molecular weight excluding hydrogens is 266 g/mol. The zero-order chi connectivity index (χ0) is 13.5. The van der Waals surface area contributed by atoms with Crippen molar-refractivity contribution in [2.45, 2.75) is 13.0 Å². The van der Waals surface area contributed by atoms with E-state index in [4.69, 9.17) is 4.74 Å². The number of ether oxygens (including phenoxy) is 1. The lowest BCUT2D eigenvalue weighted by Crippen LogP contribution is -2.43. The highest BCUT2D eigenvalue weighted by Crippen LogP contribution is 2.33. The van der Waals surface area contributed by atoms with Gasteiger partial charge in [-0.1, -0.05) is 0 Å². The molecule has 0 bridgehead atoms. The maximum Gasteiger partial charge on any atom is 0.313 e. The summed E-state index contributed by atoms with van der Waals surface area (Å²) in [5.74, 6) is -0.202. The van der Waals surface area contributed by atoms with E-state index in [0.29, 0.717) is 12.4 Å². The van der Waals surface area contributed by atoms with Gasteiger partial charge in [0.05, 0.1) is 24.6 Å². The van der Waals surface area contributed by atoms with Gasteiger partial charge in [-0.05, 0) is 18.4 Å². The van der Waals surface area contributed by atoms with Gasteiger partial charge in [0.1, 0.15) is 22.4 Å². The van der Waals surface area contributed by atoms with Crippen LogP contribution in [0.1, 0.15) is 6.92 Å². The number of carboxylic acids is 1. The van der Waals surface area contributed by atoms with Crippen molar-refractivity contribution in [3.05, 3.63) is 17.8 Å². The van der Waals surface area contributed by atoms with E-state index in [1.807, 2.05) is 11.4 Å². The molecule has 2 atom stereocenters. The fourth-order valence-corrected chi connectivity index (χ4v) is 2.89. The van der Waals surface area contributed by atoms with Crippen molar-refractivity contribution < 1.29 is 14.6 Å². The predicted molar refractivity (Wildman–Crippen MR) is 71.4 cm³/mol. The van der Waals surface area contributed by atoms with Crippen LogP contribution in [0.3, 0.4) is 0 Å². The van der Waals surface area contributed by atoms with E-state index in [2.05, 4.69) is 15.3 Å². The molecule has 6 nitrogen and oxygen atoms in total. The summed E-state index contributed by atoms with van der Waals surface area (Å²) in [5, 5.41) is 15.4. The van der Waals surface area contributed by atoms with Crippen LogP contribution in [-0.2, 0) is 9.53 Å². The average Bonchev–Trinajstić information content (AvgIpc) is 2.98. The highest BCUT2D eigenvalue weighted by Gasteiger charge is 2.47. The zero-order valence-corrected chi connectivity index (χ0v) is 11.1. The molecule has 1 aliphatic heterocycles. The van der Waals surface area contributed by atoms with Crippen molar-refractivity contribution in [3.8, 4) is 0 Å². The Bertz CT molecular complexity index is 629. The van der Waals surface area contributed by atoms with E-state index in [-0.39, 0.29) is 12.6 Å². The highest BCUT2D eigenvalue weighted by molar-refractivity contribution is 7.16. The van der Waals surface area contributed by atoms with Crippen LogP contribution in [0.25, 0.3) is 10.2 Å². The molecule has 2 N–H and O–H groups in total. The van der Waals surface area contributed by atoms with Gasteiger partial charge in [0.25, 0.3) is 0 Å². The minimum absolute atomic E-state index is 0.206. The third kappa shape index (κ3) is 1.95. The number of aliphatic carboxylic acids is 1. The first kappa shape index (κ1) is 12.3. The summed E-state index contributed by atoms with van der Waals surface area (Å²) in [6.07, 6.45) is 1.48. The second-order valence-corrected chi connectivity index (χ2v) is 5.69. The van der Waals surface area contributed by atoms with E-state index < -0.39 is 11.4 Å². The van der Waals surface area contributed by atoms with Crippen LogP contribution in [0.5, 0.6) is 0 Å². The molecule has 7 heteroatoms. The molecule has 2 aromatic rings. The molecule has 0 radical (unpaired) electrons. The Labute approximate surface area is 113 Å². The standard InChI is InChI=1S/C12H13N3O3S/c1-12(11(16)17)5-18-4-8(12)15-9-7-2-3-19-10(7)14-6-13-9/h2-3,6,8H,4-5H2,1H3,(H,16,17)(H,13,14,15). The summed E-state index contributed by atoms with van der Waals surface area (Å²) < 4.78 is 5.32. The van der Waals surface area contributed by atoms with Gasteiger partial charge in [0.15, 0.2) is 0 Å². The predicted octanol–water partition coefficient (Wildman–Crippen LogP) is 1.59. The van der Waals surface area contributed by atoms with E-state index in [9.17, 15) is 9.90 Å². The molecule has 1 fully saturated rings. The molecule has 2 aromatic heterocycles. The van der Waals surface area contributed by atoms with Crippen molar-refractivity contribution in [1.82, 2.24) is 9.97 Å². The second kappa shape index (κ2) is 4.43. The maximum absolute atomic E-state index is 11.4. The van der Waals surface area contributed by atoms with Crippen molar-refractivity contribution >= 4 is 33.3 Å². The Kier molecular flexibility index (Phi) is 2.87. The molecule has 0 amide bonds. The first-order valence-electron chi connectivity index (χ1n) is 5.87. The van der Waals surface area contributed by atoms with Gasteiger partial charge in [-0.25, -0.2) is 9.97 Å². The van der Waals surface area contributed by atoms with Crippen LogP contribution in [0.15, 0.2) is 17.8 Å². The summed E-state index contributed by atoms with van der Waals surface area (Å²) in [7, 11) is 0. The largest absolute Gasteiger partial charge is 0.481 e. The fourth-order valence-electron chi connectivity index (χ4n) is 2.16. The van der Waals surface area contributed by atoms with Gasteiger partial charge in [0, 0.05) is 0 Å². The molecule has 3 rings (SSSR count). The molecule has 0 aliphatic carbocycles. The van der Waals surface area contributed by atoms with Gasteiger partial charge >= 0.3 is 5.97 Å². The van der Waals surface area contributed by atoms with Crippen LogP contribution in [0.4, 0.5) is 5.82 Å². The Hall–Kier alpha value is -1.73. The topological polar surface area (TPSA) is 84.3 Å². The van der Waals surface area contributed by atoms with Gasteiger partial charge in [-0.15, -0.1) is 11.3 Å². The van der Waals surface area contributed by atoms with Crippen molar-refractivity contribution in [2.75, 3.05) is 18.5 Å². The van der Waals surface area contributed by atoms with Crippen LogP contribution in [-0.4, -0.2) is 40.3 Å². The number of carbonyl (C=O) groups is 1. The second-order valence-electron chi connectivity index (χ2n) is 4.80. The number of nitrogens with zero attached hydrogens (tertiary/aromatic N) is 2. The van der Waals surface area contributed by atoms with E-state index in [1.165, 1.54) is 17.7 Å². The molecule has 0 aromatic carbocycles. The lowest BCUT2D eigenvalue weighted by Gasteiger charge is -2.26. The summed E-state index contributed by atoms with van der Waals surface area (Å²) in [6, 6.07) is 1.62. The SMILES string of the molecule is CC1(C(=O)O)COCC1Nc1ncnc2sccc12. The molecule has 100 valence electrons. The molecule has 0 spiro atoms. The Morgan fingerprint density at radius 2 is 2.47 bits per heavy atom. The Morgan fingerprint density at radius 1 is 1.63 bits per heavy atom.